The fourth-order valence-electron chi connectivity index (χ4n) is 4.92. The molecular weight excluding hydrogens is 433 g/mol. The number of nitrogens with zero attached hydrogens (tertiary/aromatic N) is 2. The van der Waals surface area contributed by atoms with Gasteiger partial charge in [-0.1, -0.05) is 68.9 Å². The van der Waals surface area contributed by atoms with Crippen molar-refractivity contribution in [1.29, 1.82) is 0 Å². The van der Waals surface area contributed by atoms with Gasteiger partial charge >= 0.3 is 0 Å². The molecule has 0 amide bonds. The minimum absolute atomic E-state index is 0.795. The first-order chi connectivity index (χ1) is 15.3. The van der Waals surface area contributed by atoms with Crippen molar-refractivity contribution in [3.63, 3.8) is 0 Å². The number of aromatic nitrogens is 2. The average Bonchev–Trinajstić information content (AvgIpc) is 3.31. The van der Waals surface area contributed by atoms with Crippen LogP contribution in [-0.2, 0) is 12.6 Å². The molecule has 0 fully saturated rings. The van der Waals surface area contributed by atoms with Crippen molar-refractivity contribution in [2.75, 3.05) is 0 Å². The fraction of sp³-hybridized carbons (Fsp3) is 0.0769. The minimum Gasteiger partial charge on any atom is -0.337 e. The molecule has 6 rings (SSSR count). The lowest BCUT2D eigenvalue weighted by molar-refractivity contribution is 0.984. The molecule has 2 aromatic heterocycles. The van der Waals surface area contributed by atoms with Crippen LogP contribution in [0.2, 0.25) is 0 Å². The molecule has 2 heterocycles. The summed E-state index contributed by atoms with van der Waals surface area (Å²) in [6.07, 6.45) is 1.91. The highest BCUT2D eigenvalue weighted by molar-refractivity contribution is 8.02. The topological polar surface area (TPSA) is 9.86 Å². The van der Waals surface area contributed by atoms with E-state index in [0.29, 0.717) is 0 Å². The molecule has 3 unspecified atom stereocenters. The number of fused-ring (bicyclic) bond motifs is 6. The summed E-state index contributed by atoms with van der Waals surface area (Å²) in [4.78, 5) is 0. The van der Waals surface area contributed by atoms with Crippen molar-refractivity contribution >= 4 is 70.0 Å². The number of benzene rings is 4. The molecule has 0 saturated heterocycles. The maximum Gasteiger partial charge on any atom is 0.0500 e. The molecule has 2 nitrogen and oxygen atoms in total. The van der Waals surface area contributed by atoms with Gasteiger partial charge in [0.1, 0.15) is 0 Å². The van der Waals surface area contributed by atoms with Crippen LogP contribution in [0, 0.1) is 0 Å². The van der Waals surface area contributed by atoms with Gasteiger partial charge in [-0.05, 0) is 35.4 Å². The Kier molecular flexibility index (Phi) is 4.85. The smallest absolute Gasteiger partial charge is 0.0500 e. The second-order valence-electron chi connectivity index (χ2n) is 7.90. The highest BCUT2D eigenvalue weighted by atomic mass is 32.0. The van der Waals surface area contributed by atoms with E-state index in [1.54, 1.807) is 0 Å². The maximum absolute atomic E-state index is 2.90. The first kappa shape index (κ1) is 19.5. The van der Waals surface area contributed by atoms with Crippen molar-refractivity contribution < 1.29 is 0 Å². The lowest BCUT2D eigenvalue weighted by Crippen LogP contribution is -1.92. The number of rotatable bonds is 4. The monoisotopic (exact) mass is 456 g/mol. The molecule has 0 saturated carbocycles. The van der Waals surface area contributed by atoms with E-state index in [1.165, 1.54) is 54.7 Å². The fourth-order valence-corrected chi connectivity index (χ4v) is 6.38. The van der Waals surface area contributed by atoms with Gasteiger partial charge in [0.05, 0.1) is 11.0 Å². The highest BCUT2D eigenvalue weighted by Gasteiger charge is 2.13. The van der Waals surface area contributed by atoms with E-state index in [4.69, 9.17) is 0 Å². The third kappa shape index (κ3) is 2.97. The van der Waals surface area contributed by atoms with Gasteiger partial charge in [-0.15, -0.1) is 18.2 Å². The third-order valence-electron chi connectivity index (χ3n) is 6.31. The van der Waals surface area contributed by atoms with Crippen molar-refractivity contribution in [3.8, 4) is 11.1 Å². The summed E-state index contributed by atoms with van der Waals surface area (Å²) in [5.41, 5.74) is 7.76. The lowest BCUT2D eigenvalue weighted by Gasteiger charge is -2.08. The van der Waals surface area contributed by atoms with Crippen LogP contribution in [0.5, 0.6) is 0 Å². The van der Waals surface area contributed by atoms with E-state index in [-0.39, 0.29) is 0 Å². The molecule has 0 aliphatic rings. The maximum atomic E-state index is 2.90. The van der Waals surface area contributed by atoms with Gasteiger partial charge in [0.2, 0.25) is 0 Å². The van der Waals surface area contributed by atoms with Gasteiger partial charge in [0.15, 0.2) is 0 Å². The first-order valence-electron chi connectivity index (χ1n) is 10.5. The van der Waals surface area contributed by atoms with Crippen LogP contribution < -0.4 is 0 Å². The van der Waals surface area contributed by atoms with Crippen molar-refractivity contribution in [3.05, 3.63) is 84.9 Å². The molecule has 6 aromatic rings. The van der Waals surface area contributed by atoms with E-state index >= 15 is 0 Å². The molecule has 152 valence electrons. The van der Waals surface area contributed by atoms with Crippen LogP contribution in [0.25, 0.3) is 54.7 Å². The Balaban J connectivity index is 1.60. The van der Waals surface area contributed by atoms with Crippen LogP contribution in [0.3, 0.4) is 0 Å². The van der Waals surface area contributed by atoms with Gasteiger partial charge in [0.25, 0.3) is 0 Å². The molecular formula is C26H23N2P3. The van der Waals surface area contributed by atoms with Crippen LogP contribution in [0.15, 0.2) is 84.9 Å². The lowest BCUT2D eigenvalue weighted by atomic mass is 10.0. The zero-order valence-electron chi connectivity index (χ0n) is 17.0. The summed E-state index contributed by atoms with van der Waals surface area (Å²) in [6.45, 7) is 0. The predicted molar refractivity (Wildman–Crippen MR) is 146 cm³/mol. The standard InChI is InChI=1S/C26H23N2P3/c29-15-27-23-7-3-1-5-19(23)21-11-9-17(13-25(21)27)18-10-12-22-20-6-2-4-8-24(20)28(16-31-30)26(22)14-18/h1-14,31H,15-16,29-30H2. The number of para-hydroxylation sites is 2. The van der Waals surface area contributed by atoms with Crippen LogP contribution in [0.1, 0.15) is 0 Å². The normalized spacial score (nSPS) is 12.3. The molecule has 5 heteroatoms. The van der Waals surface area contributed by atoms with Gasteiger partial charge in [-0.25, -0.2) is 0 Å². The Labute approximate surface area is 187 Å². The van der Waals surface area contributed by atoms with Gasteiger partial charge in [-0.2, -0.15) is 0 Å². The Hall–Kier alpha value is -2.23. The van der Waals surface area contributed by atoms with E-state index in [2.05, 4.69) is 112 Å². The molecule has 0 aliphatic heterocycles. The highest BCUT2D eigenvalue weighted by Crippen LogP contribution is 2.37. The predicted octanol–water partition coefficient (Wildman–Crippen LogP) is 7.83. The van der Waals surface area contributed by atoms with E-state index < -0.39 is 0 Å². The van der Waals surface area contributed by atoms with Gasteiger partial charge in [0, 0.05) is 45.1 Å². The number of hydrogen-bond donors (Lipinski definition) is 0. The molecule has 0 spiro atoms. The molecule has 0 bridgehead atoms. The zero-order chi connectivity index (χ0) is 20.9. The summed E-state index contributed by atoms with van der Waals surface area (Å²) < 4.78 is 4.86. The van der Waals surface area contributed by atoms with E-state index in [0.717, 1.165) is 20.8 Å². The molecule has 0 aliphatic carbocycles. The molecule has 4 aromatic carbocycles. The zero-order valence-corrected chi connectivity index (χ0v) is 20.4. The summed E-state index contributed by atoms with van der Waals surface area (Å²) >= 11 is 0. The van der Waals surface area contributed by atoms with Crippen molar-refractivity contribution in [1.82, 2.24) is 9.13 Å². The third-order valence-corrected chi connectivity index (χ3v) is 7.72. The Morgan fingerprint density at radius 1 is 0.581 bits per heavy atom. The summed E-state index contributed by atoms with van der Waals surface area (Å²) in [5, 5.41) is 5.32. The van der Waals surface area contributed by atoms with Crippen LogP contribution in [0.4, 0.5) is 0 Å². The Morgan fingerprint density at radius 3 is 1.61 bits per heavy atom. The number of hydrogen-bond acceptors (Lipinski definition) is 0. The summed E-state index contributed by atoms with van der Waals surface area (Å²) in [7, 11) is 6.57. The molecule has 0 radical (unpaired) electrons. The van der Waals surface area contributed by atoms with Crippen molar-refractivity contribution in [2.24, 2.45) is 0 Å². The summed E-state index contributed by atoms with van der Waals surface area (Å²) in [6, 6.07) is 31.3. The second-order valence-corrected chi connectivity index (χ2v) is 10.2. The van der Waals surface area contributed by atoms with Gasteiger partial charge in [-0.3, -0.25) is 0 Å². The average molecular weight is 456 g/mol. The first-order valence-corrected chi connectivity index (χ1v) is 14.3. The largest absolute Gasteiger partial charge is 0.337 e. The SMILES string of the molecule is PCn1c2ccccc2c2ccc(-c3ccc4c5ccccc5n(CPP)c4c3)cc21. The Morgan fingerprint density at radius 2 is 1.06 bits per heavy atom. The van der Waals surface area contributed by atoms with Crippen LogP contribution >= 0.6 is 26.4 Å². The van der Waals surface area contributed by atoms with Gasteiger partial charge < -0.3 is 9.13 Å². The second kappa shape index (κ2) is 7.72. The van der Waals surface area contributed by atoms with Crippen molar-refractivity contribution in [2.45, 2.75) is 12.6 Å². The molecule has 3 atom stereocenters. The van der Waals surface area contributed by atoms with Crippen LogP contribution in [-0.4, -0.2) is 9.13 Å². The summed E-state index contributed by atoms with van der Waals surface area (Å²) in [5.74, 6) is 0. The Bertz CT molecular complexity index is 1590. The molecule has 0 N–H and O–H groups in total. The minimum atomic E-state index is 0.795. The quantitative estimate of drug-likeness (QED) is 0.239. The van der Waals surface area contributed by atoms with E-state index in [9.17, 15) is 0 Å². The van der Waals surface area contributed by atoms with E-state index in [1.807, 2.05) is 0 Å². The molecule has 31 heavy (non-hydrogen) atoms.